The summed E-state index contributed by atoms with van der Waals surface area (Å²) in [5, 5.41) is 110. The molecule has 3 aliphatic rings. The Bertz CT molecular complexity index is 2060. The monoisotopic (exact) mass is 1410 g/mol. The van der Waals surface area contributed by atoms with Crippen LogP contribution in [0.5, 0.6) is 0 Å². The van der Waals surface area contributed by atoms with Gasteiger partial charge < -0.3 is 89.1 Å². The maximum atomic E-state index is 14.3. The molecule has 3 fully saturated rings. The molecule has 0 aromatic carbocycles. The number of aliphatic hydroxyl groups excluding tert-OH is 10. The van der Waals surface area contributed by atoms with Crippen molar-refractivity contribution in [1.82, 2.24) is 0 Å². The second-order valence-electron chi connectivity index (χ2n) is 27.4. The molecule has 0 radical (unpaired) electrons. The van der Waals surface area contributed by atoms with Crippen molar-refractivity contribution >= 4 is 25.7 Å². The molecule has 18 unspecified atom stereocenters. The normalized spacial score (nSPS) is 27.8. The molecule has 3 rings (SSSR count). The molecular weight excluding hydrogens is 1280 g/mol. The summed E-state index contributed by atoms with van der Waals surface area (Å²) in [6.07, 6.45) is 12.7. The minimum atomic E-state index is -5.69. The van der Waals surface area contributed by atoms with Gasteiger partial charge in [0.1, 0.15) is 98.7 Å². The van der Waals surface area contributed by atoms with E-state index >= 15 is 0 Å². The van der Waals surface area contributed by atoms with Gasteiger partial charge in [-0.2, -0.15) is 0 Å². The van der Waals surface area contributed by atoms with E-state index in [0.717, 1.165) is 116 Å². The van der Waals surface area contributed by atoms with Gasteiger partial charge in [0, 0.05) is 19.3 Å². The molecule has 0 spiro atoms. The first-order chi connectivity index (χ1) is 46.8. The smallest absolute Gasteiger partial charge is 0.463 e. The number of esters is 3. The lowest BCUT2D eigenvalue weighted by Crippen LogP contribution is -2.69. The van der Waals surface area contributed by atoms with Crippen LogP contribution in [0.1, 0.15) is 297 Å². The predicted octanol–water partition coefficient (Wildman–Crippen LogP) is 10.4. The van der Waals surface area contributed by atoms with Crippen molar-refractivity contribution in [2.45, 2.75) is 401 Å². The van der Waals surface area contributed by atoms with Crippen molar-refractivity contribution in [2.24, 2.45) is 0 Å². The fraction of sp³-hybridized carbons (Fsp3) is 0.931. The number of ether oxygens (including phenoxy) is 7. The number of hydrogen-bond acceptors (Lipinski definition) is 23. The van der Waals surface area contributed by atoms with Gasteiger partial charge in [-0.1, -0.05) is 245 Å². The number of hydrogen-bond donors (Lipinski definition) is 11. The molecule has 570 valence electrons. The van der Waals surface area contributed by atoms with Crippen LogP contribution in [0.15, 0.2) is 12.2 Å². The summed E-state index contributed by atoms with van der Waals surface area (Å²) in [5.41, 5.74) is 0. The summed E-state index contributed by atoms with van der Waals surface area (Å²) in [6, 6.07) is 0. The molecule has 1 aliphatic carbocycles. The van der Waals surface area contributed by atoms with Crippen molar-refractivity contribution < 1.29 is 117 Å². The maximum absolute atomic E-state index is 14.3. The van der Waals surface area contributed by atoms with E-state index in [1.54, 1.807) is 0 Å². The van der Waals surface area contributed by atoms with Gasteiger partial charge in [0.25, 0.3) is 0 Å². The predicted molar refractivity (Wildman–Crippen MR) is 365 cm³/mol. The topological polar surface area (TPSA) is 374 Å². The van der Waals surface area contributed by atoms with Gasteiger partial charge in [-0.15, -0.1) is 0 Å². The molecule has 11 N–H and O–H groups in total. The first-order valence-electron chi connectivity index (χ1n) is 38.0. The van der Waals surface area contributed by atoms with Crippen LogP contribution in [0, 0.1) is 0 Å². The summed E-state index contributed by atoms with van der Waals surface area (Å²) < 4.78 is 65.0. The van der Waals surface area contributed by atoms with E-state index in [2.05, 4.69) is 32.9 Å². The number of phosphoric ester groups is 1. The van der Waals surface area contributed by atoms with Gasteiger partial charge in [0.05, 0.1) is 13.2 Å². The first-order valence-corrected chi connectivity index (χ1v) is 39.5. The summed E-state index contributed by atoms with van der Waals surface area (Å²) in [4.78, 5) is 51.0. The van der Waals surface area contributed by atoms with Crippen LogP contribution in [0.4, 0.5) is 0 Å². The number of unbranched alkanes of at least 4 members (excludes halogenated alkanes) is 36. The zero-order valence-electron chi connectivity index (χ0n) is 59.4. The molecule has 18 atom stereocenters. The van der Waals surface area contributed by atoms with E-state index in [-0.39, 0.29) is 19.3 Å². The Morgan fingerprint density at radius 2 is 0.722 bits per heavy atom. The van der Waals surface area contributed by atoms with Gasteiger partial charge in [-0.25, -0.2) is 4.57 Å². The molecule has 25 heteroatoms. The highest BCUT2D eigenvalue weighted by Crippen LogP contribution is 2.49. The fourth-order valence-corrected chi connectivity index (χ4v) is 13.5. The Balaban J connectivity index is 1.73. The second kappa shape index (κ2) is 54.4. The largest absolute Gasteiger partial charge is 0.472 e. The van der Waals surface area contributed by atoms with E-state index in [0.29, 0.717) is 19.3 Å². The molecule has 0 amide bonds. The van der Waals surface area contributed by atoms with Crippen molar-refractivity contribution in [2.75, 3.05) is 26.4 Å². The average Bonchev–Trinajstić information content (AvgIpc) is 0.764. The molecule has 24 nitrogen and oxygen atoms in total. The lowest BCUT2D eigenvalue weighted by atomic mass is 9.84. The Morgan fingerprint density at radius 3 is 1.12 bits per heavy atom. The zero-order valence-corrected chi connectivity index (χ0v) is 60.3. The lowest BCUT2D eigenvalue weighted by molar-refractivity contribution is -0.360. The van der Waals surface area contributed by atoms with Gasteiger partial charge in [-0.05, 0) is 44.9 Å². The minimum absolute atomic E-state index is 0.0324. The number of carbonyl (C=O) groups excluding carboxylic acids is 3. The van der Waals surface area contributed by atoms with E-state index in [1.807, 2.05) is 0 Å². The maximum Gasteiger partial charge on any atom is 0.472 e. The van der Waals surface area contributed by atoms with Crippen LogP contribution in [0.25, 0.3) is 0 Å². The van der Waals surface area contributed by atoms with Gasteiger partial charge in [0.15, 0.2) is 18.7 Å². The highest BCUT2D eigenvalue weighted by molar-refractivity contribution is 7.47. The van der Waals surface area contributed by atoms with Crippen LogP contribution >= 0.6 is 7.82 Å². The number of rotatable bonds is 59. The summed E-state index contributed by atoms with van der Waals surface area (Å²) in [6.45, 7) is 3.44. The molecule has 97 heavy (non-hydrogen) atoms. The summed E-state index contributed by atoms with van der Waals surface area (Å²) >= 11 is 0. The highest BCUT2D eigenvalue weighted by atomic mass is 31.2. The number of aliphatic hydroxyl groups is 10. The molecule has 2 aliphatic heterocycles. The van der Waals surface area contributed by atoms with Crippen LogP contribution in [0.2, 0.25) is 0 Å². The van der Waals surface area contributed by atoms with Gasteiger partial charge in [0.2, 0.25) is 0 Å². The molecule has 0 aromatic rings. The minimum Gasteiger partial charge on any atom is -0.463 e. The standard InChI is InChI=1S/C72H133O24P/c1-4-7-10-13-16-19-22-25-27-30-33-36-39-42-45-48-58(76)91-53(50-88-56(74)46-43-40-37-34-31-28-24-21-18-15-12-9-6-3)51-90-97(86,87)96-70-68(94-71-66(84)61(79)59(77)54(49-73)92-71)64(82)63(81)65(83)69(70)95-72-67(85)62(80)60(78)55(93-72)52-89-57(75)47-44-41-38-35-32-29-26-23-20-17-14-11-8-5-2/h19,22,53-55,59-73,77-85H,4-18,20-21,23-52H2,1-3H3,(H,86,87)/b22-19-. The van der Waals surface area contributed by atoms with Crippen LogP contribution in [-0.4, -0.2) is 204 Å². The first kappa shape index (κ1) is 88.9. The second-order valence-corrected chi connectivity index (χ2v) is 28.8. The summed E-state index contributed by atoms with van der Waals surface area (Å²) in [5.74, 6) is -1.98. The SMILES string of the molecule is CCCCCC/C=C\CCCCCCCCCC(=O)OC(COC(=O)CCCCCCCCCCCCCCC)COP(=O)(O)OC1C(OC2OC(CO)C(O)C(O)C2O)C(O)C(O)C(O)C1OC1OC(COC(=O)CCCCCCCCCCCCCCCC)C(O)C(O)C1O. The Hall–Kier alpha value is -2.30. The number of phosphoric acid groups is 1. The highest BCUT2D eigenvalue weighted by Gasteiger charge is 2.58. The third kappa shape index (κ3) is 37.6. The van der Waals surface area contributed by atoms with Crippen LogP contribution in [0.3, 0.4) is 0 Å². The van der Waals surface area contributed by atoms with Gasteiger partial charge in [-0.3, -0.25) is 23.4 Å². The van der Waals surface area contributed by atoms with Crippen molar-refractivity contribution in [3.8, 4) is 0 Å². The van der Waals surface area contributed by atoms with Crippen molar-refractivity contribution in [3.05, 3.63) is 12.2 Å². The molecule has 0 aromatic heterocycles. The lowest BCUT2D eigenvalue weighted by Gasteiger charge is -2.49. The molecule has 2 heterocycles. The number of allylic oxidation sites excluding steroid dienone is 2. The van der Waals surface area contributed by atoms with E-state index in [1.165, 1.54) is 122 Å². The number of carbonyl (C=O) groups is 3. The zero-order chi connectivity index (χ0) is 71.1. The van der Waals surface area contributed by atoms with Crippen molar-refractivity contribution in [3.63, 3.8) is 0 Å². The van der Waals surface area contributed by atoms with Crippen molar-refractivity contribution in [1.29, 1.82) is 0 Å². The third-order valence-corrected chi connectivity index (χ3v) is 19.8. The third-order valence-electron chi connectivity index (χ3n) is 18.8. The molecular formula is C72H133O24P. The molecule has 1 saturated carbocycles. The molecule has 0 bridgehead atoms. The quantitative estimate of drug-likeness (QED) is 0.00886. The Kier molecular flexibility index (Phi) is 49.8. The van der Waals surface area contributed by atoms with E-state index in [9.17, 15) is 74.9 Å². The van der Waals surface area contributed by atoms with Crippen LogP contribution in [-0.2, 0) is 61.2 Å². The van der Waals surface area contributed by atoms with E-state index in [4.69, 9.17) is 42.2 Å². The fourth-order valence-electron chi connectivity index (χ4n) is 12.6. The Labute approximate surface area is 580 Å². The molecule has 2 saturated heterocycles. The summed E-state index contributed by atoms with van der Waals surface area (Å²) in [7, 11) is -5.69. The van der Waals surface area contributed by atoms with Gasteiger partial charge >= 0.3 is 25.7 Å². The average molecular weight is 1410 g/mol. The Morgan fingerprint density at radius 1 is 0.392 bits per heavy atom. The van der Waals surface area contributed by atoms with Crippen LogP contribution < -0.4 is 0 Å². The van der Waals surface area contributed by atoms with E-state index < -0.39 is 156 Å².